The number of nitro groups is 1. The van der Waals surface area contributed by atoms with Gasteiger partial charge in [0.25, 0.3) is 5.69 Å². The van der Waals surface area contributed by atoms with Crippen molar-refractivity contribution in [3.63, 3.8) is 0 Å². The molecule has 26 heavy (non-hydrogen) atoms. The Morgan fingerprint density at radius 3 is 2.73 bits per heavy atom. The number of benzene rings is 1. The Morgan fingerprint density at radius 1 is 1.27 bits per heavy atom. The third-order valence-corrected chi connectivity index (χ3v) is 3.95. The molecule has 0 spiro atoms. The minimum Gasteiger partial charge on any atom is -0.368 e. The van der Waals surface area contributed by atoms with Gasteiger partial charge in [-0.2, -0.15) is 4.98 Å². The van der Waals surface area contributed by atoms with Crippen molar-refractivity contribution < 1.29 is 9.45 Å². The molecule has 0 aliphatic carbocycles. The summed E-state index contributed by atoms with van der Waals surface area (Å²) >= 11 is 0. The molecule has 0 saturated heterocycles. The molecule has 1 aromatic carbocycles. The molecule has 1 unspecified atom stereocenters. The van der Waals surface area contributed by atoms with E-state index >= 15 is 0 Å². The van der Waals surface area contributed by atoms with Gasteiger partial charge in [-0.05, 0) is 36.6 Å². The number of aryl methyl sites for hydroxylation is 1. The lowest BCUT2D eigenvalue weighted by molar-refractivity contribution is -0.384. The quantitative estimate of drug-likeness (QED) is 0.524. The number of rotatable bonds is 6. The molecule has 0 bridgehead atoms. The van der Waals surface area contributed by atoms with E-state index in [9.17, 15) is 10.1 Å². The maximum atomic E-state index is 11.3. The van der Waals surface area contributed by atoms with Gasteiger partial charge in [-0.25, -0.2) is 0 Å². The van der Waals surface area contributed by atoms with Crippen molar-refractivity contribution in [3.05, 3.63) is 64.3 Å². The summed E-state index contributed by atoms with van der Waals surface area (Å²) in [6, 6.07) is 8.20. The van der Waals surface area contributed by atoms with E-state index < -0.39 is 4.92 Å². The van der Waals surface area contributed by atoms with Crippen LogP contribution in [0, 0.1) is 23.0 Å². The van der Waals surface area contributed by atoms with Crippen LogP contribution < -0.4 is 5.32 Å². The smallest absolute Gasteiger partial charge is 0.292 e. The molecule has 8 heteroatoms. The Hall–Kier alpha value is -3.29. The molecule has 0 saturated carbocycles. The second-order valence-corrected chi connectivity index (χ2v) is 6.34. The van der Waals surface area contributed by atoms with Crippen LogP contribution in [0.3, 0.4) is 0 Å². The van der Waals surface area contributed by atoms with Crippen LogP contribution in [0.4, 0.5) is 11.4 Å². The number of nitrogens with one attached hydrogen (secondary N) is 1. The highest BCUT2D eigenvalue weighted by atomic mass is 16.6. The van der Waals surface area contributed by atoms with E-state index in [1.165, 1.54) is 6.07 Å². The lowest BCUT2D eigenvalue weighted by Crippen LogP contribution is -2.18. The van der Waals surface area contributed by atoms with Gasteiger partial charge >= 0.3 is 0 Å². The minimum atomic E-state index is -0.409. The van der Waals surface area contributed by atoms with Crippen molar-refractivity contribution in [2.45, 2.75) is 26.8 Å². The molecule has 1 atom stereocenters. The van der Waals surface area contributed by atoms with Crippen molar-refractivity contribution in [2.24, 2.45) is 5.92 Å². The first-order valence-electron chi connectivity index (χ1n) is 8.21. The number of aromatic nitrogens is 3. The Balaban J connectivity index is 1.93. The fraction of sp³-hybridized carbons (Fsp3) is 0.278. The summed E-state index contributed by atoms with van der Waals surface area (Å²) in [4.78, 5) is 19.4. The van der Waals surface area contributed by atoms with Gasteiger partial charge in [0.05, 0.1) is 4.92 Å². The second kappa shape index (κ2) is 7.30. The summed E-state index contributed by atoms with van der Waals surface area (Å²) in [6.45, 7) is 5.84. The van der Waals surface area contributed by atoms with Gasteiger partial charge in [0.1, 0.15) is 11.7 Å². The number of hydrogen-bond donors (Lipinski definition) is 1. The number of nitrogens with zero attached hydrogens (tertiary/aromatic N) is 4. The highest BCUT2D eigenvalue weighted by Crippen LogP contribution is 2.32. The van der Waals surface area contributed by atoms with E-state index in [-0.39, 0.29) is 17.6 Å². The lowest BCUT2D eigenvalue weighted by Gasteiger charge is -2.20. The molecule has 0 amide bonds. The van der Waals surface area contributed by atoms with E-state index in [0.717, 1.165) is 11.1 Å². The largest absolute Gasteiger partial charge is 0.368 e. The van der Waals surface area contributed by atoms with Crippen LogP contribution in [0.2, 0.25) is 0 Å². The molecule has 0 fully saturated rings. The summed E-state index contributed by atoms with van der Waals surface area (Å²) in [7, 11) is 0. The summed E-state index contributed by atoms with van der Waals surface area (Å²) in [6.07, 6.45) is 3.32. The first-order valence-corrected chi connectivity index (χ1v) is 8.21. The Kier molecular flexibility index (Phi) is 4.92. The zero-order chi connectivity index (χ0) is 18.7. The van der Waals surface area contributed by atoms with Gasteiger partial charge < -0.3 is 9.84 Å². The molecular weight excluding hydrogens is 334 g/mol. The topological polar surface area (TPSA) is 107 Å². The van der Waals surface area contributed by atoms with Crippen LogP contribution >= 0.6 is 0 Å². The normalized spacial score (nSPS) is 12.2. The Morgan fingerprint density at radius 2 is 2.08 bits per heavy atom. The van der Waals surface area contributed by atoms with Crippen molar-refractivity contribution in [1.29, 1.82) is 0 Å². The molecule has 2 heterocycles. The first kappa shape index (κ1) is 17.5. The van der Waals surface area contributed by atoms with Crippen molar-refractivity contribution in [3.8, 4) is 11.4 Å². The standard InChI is InChI=1S/C18H19N5O3/c1-11(2)16(20-14-9-12(3)6-7-15(14)23(24)25)18-21-17(22-26-18)13-5-4-8-19-10-13/h4-11,16,20H,1-3H3. The summed E-state index contributed by atoms with van der Waals surface area (Å²) < 4.78 is 5.42. The lowest BCUT2D eigenvalue weighted by atomic mass is 10.0. The van der Waals surface area contributed by atoms with Crippen molar-refractivity contribution in [1.82, 2.24) is 15.1 Å². The second-order valence-electron chi connectivity index (χ2n) is 6.34. The van der Waals surface area contributed by atoms with Gasteiger partial charge in [-0.15, -0.1) is 0 Å². The van der Waals surface area contributed by atoms with E-state index in [1.54, 1.807) is 30.6 Å². The van der Waals surface area contributed by atoms with Crippen LogP contribution in [-0.2, 0) is 0 Å². The summed E-state index contributed by atoms with van der Waals surface area (Å²) in [5, 5.41) is 18.5. The van der Waals surface area contributed by atoms with E-state index in [1.807, 2.05) is 26.8 Å². The monoisotopic (exact) mass is 353 g/mol. The molecule has 8 nitrogen and oxygen atoms in total. The number of nitro benzene ring substituents is 1. The third-order valence-electron chi connectivity index (χ3n) is 3.95. The molecular formula is C18H19N5O3. The molecule has 1 N–H and O–H groups in total. The minimum absolute atomic E-state index is 0.00764. The van der Waals surface area contributed by atoms with Gasteiger partial charge in [-0.3, -0.25) is 15.1 Å². The predicted octanol–water partition coefficient (Wildman–Crippen LogP) is 4.16. The van der Waals surface area contributed by atoms with Crippen LogP contribution in [0.1, 0.15) is 31.3 Å². The highest BCUT2D eigenvalue weighted by Gasteiger charge is 2.26. The first-order chi connectivity index (χ1) is 12.5. The van der Waals surface area contributed by atoms with E-state index in [2.05, 4.69) is 20.4 Å². The molecule has 0 radical (unpaired) electrons. The van der Waals surface area contributed by atoms with Gasteiger partial charge in [0.2, 0.25) is 11.7 Å². The fourth-order valence-electron chi connectivity index (χ4n) is 2.58. The van der Waals surface area contributed by atoms with Crippen LogP contribution in [0.15, 0.2) is 47.2 Å². The molecule has 0 aliphatic rings. The predicted molar refractivity (Wildman–Crippen MR) is 96.6 cm³/mol. The third kappa shape index (κ3) is 3.69. The number of hydrogen-bond acceptors (Lipinski definition) is 7. The van der Waals surface area contributed by atoms with Gasteiger partial charge in [0.15, 0.2) is 0 Å². The average molecular weight is 353 g/mol. The molecule has 3 aromatic rings. The van der Waals surface area contributed by atoms with Crippen LogP contribution in [-0.4, -0.2) is 20.0 Å². The zero-order valence-electron chi connectivity index (χ0n) is 14.7. The molecule has 2 aromatic heterocycles. The summed E-state index contributed by atoms with van der Waals surface area (Å²) in [5.41, 5.74) is 2.09. The van der Waals surface area contributed by atoms with Crippen molar-refractivity contribution in [2.75, 3.05) is 5.32 Å². The maximum absolute atomic E-state index is 11.3. The van der Waals surface area contributed by atoms with Gasteiger partial charge in [0, 0.05) is 24.0 Å². The summed E-state index contributed by atoms with van der Waals surface area (Å²) in [5.74, 6) is 0.867. The maximum Gasteiger partial charge on any atom is 0.292 e. The average Bonchev–Trinajstić information content (AvgIpc) is 3.09. The number of anilines is 1. The van der Waals surface area contributed by atoms with E-state index in [4.69, 9.17) is 4.52 Å². The highest BCUT2D eigenvalue weighted by molar-refractivity contribution is 5.63. The SMILES string of the molecule is Cc1ccc([N+](=O)[O-])c(NC(c2nc(-c3cccnc3)no2)C(C)C)c1. The van der Waals surface area contributed by atoms with Crippen molar-refractivity contribution >= 4 is 11.4 Å². The van der Waals surface area contributed by atoms with E-state index in [0.29, 0.717) is 17.4 Å². The Bertz CT molecular complexity index is 908. The number of pyridine rings is 1. The van der Waals surface area contributed by atoms with Crippen LogP contribution in [0.25, 0.3) is 11.4 Å². The zero-order valence-corrected chi connectivity index (χ0v) is 14.7. The molecule has 3 rings (SSSR count). The molecule has 134 valence electrons. The molecule has 0 aliphatic heterocycles. The van der Waals surface area contributed by atoms with Crippen LogP contribution in [0.5, 0.6) is 0 Å². The van der Waals surface area contributed by atoms with Gasteiger partial charge in [-0.1, -0.05) is 25.1 Å². The Labute approximate surface area is 150 Å². The fourth-order valence-corrected chi connectivity index (χ4v) is 2.58.